The Labute approximate surface area is 125 Å². The van der Waals surface area contributed by atoms with Gasteiger partial charge in [-0.25, -0.2) is 18.4 Å². The van der Waals surface area contributed by atoms with Crippen LogP contribution >= 0.6 is 0 Å². The summed E-state index contributed by atoms with van der Waals surface area (Å²) < 4.78 is 22.8. The second kappa shape index (κ2) is 7.35. The first-order valence-electron chi connectivity index (χ1n) is 6.84. The van der Waals surface area contributed by atoms with Crippen molar-refractivity contribution in [2.75, 3.05) is 30.4 Å². The minimum Gasteiger partial charge on any atom is -0.385 e. The van der Waals surface area contributed by atoms with E-state index in [0.29, 0.717) is 11.5 Å². The molecule has 0 aliphatic carbocycles. The molecule has 0 spiro atoms. The smallest absolute Gasteiger partial charge is 0.272 e. The van der Waals surface area contributed by atoms with E-state index >= 15 is 0 Å². The lowest BCUT2D eigenvalue weighted by Crippen LogP contribution is -2.31. The van der Waals surface area contributed by atoms with Gasteiger partial charge in [0.1, 0.15) is 5.82 Å². The number of carbonyl (C=O) groups is 1. The zero-order chi connectivity index (χ0) is 16.0. The predicted molar refractivity (Wildman–Crippen MR) is 82.3 cm³/mol. The van der Waals surface area contributed by atoms with Crippen molar-refractivity contribution in [2.45, 2.75) is 26.7 Å². The van der Waals surface area contributed by atoms with Gasteiger partial charge in [0.25, 0.3) is 5.91 Å². The Kier molecular flexibility index (Phi) is 6.07. The molecule has 1 aromatic heterocycles. The molecular formula is C13H22N4O3S. The molecule has 0 radical (unpaired) electrons. The van der Waals surface area contributed by atoms with E-state index in [1.807, 2.05) is 13.8 Å². The monoisotopic (exact) mass is 314 g/mol. The molecule has 1 aromatic rings. The average Bonchev–Trinajstić information content (AvgIpc) is 2.46. The molecule has 8 heteroatoms. The molecule has 0 atom stereocenters. The van der Waals surface area contributed by atoms with Crippen LogP contribution in [-0.4, -0.2) is 49.4 Å². The molecule has 118 valence electrons. The third kappa shape index (κ3) is 4.96. The maximum absolute atomic E-state index is 12.1. The number of anilines is 1. The Balaban J connectivity index is 2.83. The van der Waals surface area contributed by atoms with Crippen molar-refractivity contribution in [3.63, 3.8) is 0 Å². The van der Waals surface area contributed by atoms with E-state index in [9.17, 15) is 13.2 Å². The lowest BCUT2D eigenvalue weighted by Gasteiger charge is -2.11. The van der Waals surface area contributed by atoms with Crippen LogP contribution in [0.5, 0.6) is 0 Å². The standard InChI is InChI=1S/C13H22N4O3S/c1-5-21(19,20)7-6-15-13(18)11-10(14-4)8-16-12(17-11)9(2)3/h8-9,14H,5-7H2,1-4H3,(H,15,18). The minimum atomic E-state index is -3.10. The van der Waals surface area contributed by atoms with Gasteiger partial charge < -0.3 is 10.6 Å². The average molecular weight is 314 g/mol. The SMILES string of the molecule is CCS(=O)(=O)CCNC(=O)c1nc(C(C)C)ncc1NC. The Morgan fingerprint density at radius 1 is 1.38 bits per heavy atom. The number of amides is 1. The number of nitrogens with one attached hydrogen (secondary N) is 2. The molecule has 0 bridgehead atoms. The van der Waals surface area contributed by atoms with Crippen molar-refractivity contribution < 1.29 is 13.2 Å². The highest BCUT2D eigenvalue weighted by Crippen LogP contribution is 2.15. The lowest BCUT2D eigenvalue weighted by molar-refractivity contribution is 0.0951. The molecule has 0 aromatic carbocycles. The van der Waals surface area contributed by atoms with Crippen LogP contribution in [0.4, 0.5) is 5.69 Å². The second-order valence-corrected chi connectivity index (χ2v) is 7.36. The van der Waals surface area contributed by atoms with E-state index in [-0.39, 0.29) is 29.7 Å². The van der Waals surface area contributed by atoms with Crippen molar-refractivity contribution in [1.29, 1.82) is 0 Å². The maximum Gasteiger partial charge on any atom is 0.272 e. The summed E-state index contributed by atoms with van der Waals surface area (Å²) in [5.74, 6) is 0.250. The molecule has 21 heavy (non-hydrogen) atoms. The fourth-order valence-corrected chi connectivity index (χ4v) is 2.28. The largest absolute Gasteiger partial charge is 0.385 e. The molecule has 1 rings (SSSR count). The van der Waals surface area contributed by atoms with Gasteiger partial charge in [0.2, 0.25) is 0 Å². The van der Waals surface area contributed by atoms with Crippen LogP contribution in [0.15, 0.2) is 6.20 Å². The van der Waals surface area contributed by atoms with Crippen LogP contribution in [-0.2, 0) is 9.84 Å². The van der Waals surface area contributed by atoms with E-state index in [0.717, 1.165) is 0 Å². The number of nitrogens with zero attached hydrogens (tertiary/aromatic N) is 2. The van der Waals surface area contributed by atoms with Crippen LogP contribution in [0.3, 0.4) is 0 Å². The Bertz CT molecular complexity index is 599. The lowest BCUT2D eigenvalue weighted by atomic mass is 10.2. The molecule has 0 aliphatic heterocycles. The first kappa shape index (κ1) is 17.4. The van der Waals surface area contributed by atoms with Crippen molar-refractivity contribution >= 4 is 21.4 Å². The Morgan fingerprint density at radius 2 is 2.05 bits per heavy atom. The molecular weight excluding hydrogens is 292 g/mol. The van der Waals surface area contributed by atoms with Crippen molar-refractivity contribution in [3.8, 4) is 0 Å². The number of hydrogen-bond acceptors (Lipinski definition) is 6. The van der Waals surface area contributed by atoms with Gasteiger partial charge in [-0.1, -0.05) is 20.8 Å². The van der Waals surface area contributed by atoms with Gasteiger partial charge in [-0.2, -0.15) is 0 Å². The summed E-state index contributed by atoms with van der Waals surface area (Å²) in [7, 11) is -1.43. The summed E-state index contributed by atoms with van der Waals surface area (Å²) in [5.41, 5.74) is 0.736. The van der Waals surface area contributed by atoms with Gasteiger partial charge in [0.05, 0.1) is 17.6 Å². The first-order valence-corrected chi connectivity index (χ1v) is 8.66. The summed E-state index contributed by atoms with van der Waals surface area (Å²) >= 11 is 0. The van der Waals surface area contributed by atoms with Gasteiger partial charge >= 0.3 is 0 Å². The van der Waals surface area contributed by atoms with Crippen LogP contribution in [0, 0.1) is 0 Å². The highest BCUT2D eigenvalue weighted by atomic mass is 32.2. The minimum absolute atomic E-state index is 0.0651. The number of sulfone groups is 1. The molecule has 0 fully saturated rings. The van der Waals surface area contributed by atoms with E-state index < -0.39 is 15.7 Å². The Hall–Kier alpha value is -1.70. The summed E-state index contributed by atoms with van der Waals surface area (Å²) in [4.78, 5) is 20.6. The van der Waals surface area contributed by atoms with Gasteiger partial charge in [-0.05, 0) is 0 Å². The molecule has 7 nitrogen and oxygen atoms in total. The molecule has 1 heterocycles. The predicted octanol–water partition coefficient (Wildman–Crippen LogP) is 0.806. The van der Waals surface area contributed by atoms with Crippen LogP contribution in [0.25, 0.3) is 0 Å². The van der Waals surface area contributed by atoms with E-state index in [1.54, 1.807) is 20.2 Å². The topological polar surface area (TPSA) is 101 Å². The Morgan fingerprint density at radius 3 is 2.57 bits per heavy atom. The molecule has 0 saturated heterocycles. The van der Waals surface area contributed by atoms with Crippen molar-refractivity contribution in [1.82, 2.24) is 15.3 Å². The van der Waals surface area contributed by atoms with Crippen molar-refractivity contribution in [3.05, 3.63) is 17.7 Å². The molecule has 2 N–H and O–H groups in total. The highest BCUT2D eigenvalue weighted by molar-refractivity contribution is 7.91. The summed E-state index contributed by atoms with van der Waals surface area (Å²) in [6.07, 6.45) is 1.56. The first-order chi connectivity index (χ1) is 9.80. The second-order valence-electron chi connectivity index (χ2n) is 4.89. The zero-order valence-electron chi connectivity index (χ0n) is 12.8. The third-order valence-electron chi connectivity index (χ3n) is 2.95. The molecule has 1 amide bonds. The van der Waals surface area contributed by atoms with E-state index in [4.69, 9.17) is 0 Å². The van der Waals surface area contributed by atoms with Gasteiger partial charge in [-0.15, -0.1) is 0 Å². The fraction of sp³-hybridized carbons (Fsp3) is 0.615. The summed E-state index contributed by atoms with van der Waals surface area (Å²) in [6.45, 7) is 5.52. The fourth-order valence-electron chi connectivity index (χ4n) is 1.58. The molecule has 0 aliphatic rings. The number of hydrogen-bond donors (Lipinski definition) is 2. The molecule has 0 unspecified atom stereocenters. The zero-order valence-corrected chi connectivity index (χ0v) is 13.6. The number of rotatable bonds is 7. The quantitative estimate of drug-likeness (QED) is 0.772. The van der Waals surface area contributed by atoms with Gasteiger partial charge in [0.15, 0.2) is 15.5 Å². The van der Waals surface area contributed by atoms with E-state index in [1.165, 1.54) is 0 Å². The van der Waals surface area contributed by atoms with Crippen LogP contribution in [0.1, 0.15) is 43.0 Å². The van der Waals surface area contributed by atoms with Gasteiger partial charge in [-0.3, -0.25) is 4.79 Å². The summed E-state index contributed by atoms with van der Waals surface area (Å²) in [5, 5.41) is 5.44. The van der Waals surface area contributed by atoms with Crippen molar-refractivity contribution in [2.24, 2.45) is 0 Å². The number of carbonyl (C=O) groups excluding carboxylic acids is 1. The van der Waals surface area contributed by atoms with E-state index in [2.05, 4.69) is 20.6 Å². The highest BCUT2D eigenvalue weighted by Gasteiger charge is 2.16. The third-order valence-corrected chi connectivity index (χ3v) is 4.65. The normalized spacial score (nSPS) is 11.5. The van der Waals surface area contributed by atoms with Crippen LogP contribution in [0.2, 0.25) is 0 Å². The number of aromatic nitrogens is 2. The van der Waals surface area contributed by atoms with Crippen LogP contribution < -0.4 is 10.6 Å². The molecule has 0 saturated carbocycles. The van der Waals surface area contributed by atoms with Gasteiger partial charge in [0, 0.05) is 25.3 Å². The summed E-state index contributed by atoms with van der Waals surface area (Å²) in [6, 6.07) is 0. The maximum atomic E-state index is 12.1.